The van der Waals surface area contributed by atoms with Crippen molar-refractivity contribution in [3.05, 3.63) is 65.5 Å². The van der Waals surface area contributed by atoms with E-state index in [1.165, 1.54) is 17.7 Å². The molecule has 0 bridgehead atoms. The second kappa shape index (κ2) is 3.56. The fourth-order valence-electron chi connectivity index (χ4n) is 1.94. The van der Waals surface area contributed by atoms with Crippen LogP contribution in [0, 0.1) is 5.82 Å². The first kappa shape index (κ1) is 9.28. The van der Waals surface area contributed by atoms with Crippen LogP contribution in [0.2, 0.25) is 0 Å². The van der Waals surface area contributed by atoms with Gasteiger partial charge in [0.25, 0.3) is 0 Å². The Bertz CT molecular complexity index is 555. The van der Waals surface area contributed by atoms with Gasteiger partial charge in [0.2, 0.25) is 0 Å². The molecule has 0 aromatic heterocycles. The first-order chi connectivity index (χ1) is 7.83. The SMILES string of the molecule is Fc1ccc(C2=Nc3ccccc3C2)cc1. The highest BCUT2D eigenvalue weighted by Gasteiger charge is 2.14. The van der Waals surface area contributed by atoms with E-state index in [4.69, 9.17) is 0 Å². The number of hydrogen-bond acceptors (Lipinski definition) is 1. The summed E-state index contributed by atoms with van der Waals surface area (Å²) in [5.74, 6) is -0.208. The van der Waals surface area contributed by atoms with Crippen molar-refractivity contribution in [1.82, 2.24) is 0 Å². The van der Waals surface area contributed by atoms with E-state index in [0.717, 1.165) is 23.4 Å². The van der Waals surface area contributed by atoms with Crippen LogP contribution in [0.25, 0.3) is 0 Å². The molecule has 0 N–H and O–H groups in total. The normalized spacial score (nSPS) is 13.4. The van der Waals surface area contributed by atoms with E-state index in [1.807, 2.05) is 18.2 Å². The molecule has 1 aliphatic heterocycles. The Hall–Kier alpha value is -1.96. The molecule has 0 unspecified atom stereocenters. The van der Waals surface area contributed by atoms with Crippen LogP contribution in [0.3, 0.4) is 0 Å². The van der Waals surface area contributed by atoms with Gasteiger partial charge in [0, 0.05) is 6.42 Å². The first-order valence-electron chi connectivity index (χ1n) is 5.24. The van der Waals surface area contributed by atoms with Crippen LogP contribution in [0.1, 0.15) is 11.1 Å². The summed E-state index contributed by atoms with van der Waals surface area (Å²) in [6, 6.07) is 14.6. The van der Waals surface area contributed by atoms with Crippen LogP contribution in [-0.4, -0.2) is 5.71 Å². The van der Waals surface area contributed by atoms with Gasteiger partial charge in [0.1, 0.15) is 5.82 Å². The lowest BCUT2D eigenvalue weighted by atomic mass is 10.0. The average Bonchev–Trinajstić information content (AvgIpc) is 2.73. The Morgan fingerprint density at radius 3 is 2.44 bits per heavy atom. The molecule has 0 aliphatic carbocycles. The van der Waals surface area contributed by atoms with Crippen molar-refractivity contribution in [3.8, 4) is 0 Å². The number of rotatable bonds is 1. The maximum atomic E-state index is 12.8. The van der Waals surface area contributed by atoms with Crippen molar-refractivity contribution < 1.29 is 4.39 Å². The van der Waals surface area contributed by atoms with Crippen molar-refractivity contribution in [2.24, 2.45) is 4.99 Å². The second-order valence-corrected chi connectivity index (χ2v) is 3.87. The Balaban J connectivity index is 1.98. The average molecular weight is 211 g/mol. The fraction of sp³-hybridized carbons (Fsp3) is 0.0714. The van der Waals surface area contributed by atoms with Crippen LogP contribution in [0.4, 0.5) is 10.1 Å². The molecule has 0 radical (unpaired) electrons. The summed E-state index contributed by atoms with van der Waals surface area (Å²) in [6.45, 7) is 0. The van der Waals surface area contributed by atoms with E-state index in [2.05, 4.69) is 11.1 Å². The molecule has 0 saturated carbocycles. The van der Waals surface area contributed by atoms with E-state index in [-0.39, 0.29) is 5.82 Å². The Kier molecular flexibility index (Phi) is 2.07. The van der Waals surface area contributed by atoms with Gasteiger partial charge in [0.05, 0.1) is 11.4 Å². The third kappa shape index (κ3) is 1.52. The van der Waals surface area contributed by atoms with Gasteiger partial charge in [-0.2, -0.15) is 0 Å². The molecule has 0 fully saturated rings. The van der Waals surface area contributed by atoms with Gasteiger partial charge in [-0.05, 0) is 29.3 Å². The molecule has 3 rings (SSSR count). The highest BCUT2D eigenvalue weighted by molar-refractivity contribution is 6.06. The van der Waals surface area contributed by atoms with Crippen molar-refractivity contribution in [3.63, 3.8) is 0 Å². The van der Waals surface area contributed by atoms with Gasteiger partial charge in [-0.15, -0.1) is 0 Å². The molecule has 1 heterocycles. The zero-order valence-electron chi connectivity index (χ0n) is 8.65. The van der Waals surface area contributed by atoms with Crippen LogP contribution >= 0.6 is 0 Å². The minimum Gasteiger partial charge on any atom is -0.252 e. The number of hydrogen-bond donors (Lipinski definition) is 0. The van der Waals surface area contributed by atoms with E-state index >= 15 is 0 Å². The molecule has 2 heteroatoms. The van der Waals surface area contributed by atoms with Crippen molar-refractivity contribution in [1.29, 1.82) is 0 Å². The molecule has 1 nitrogen and oxygen atoms in total. The van der Waals surface area contributed by atoms with Crippen LogP contribution in [-0.2, 0) is 6.42 Å². The Labute approximate surface area is 93.3 Å². The van der Waals surface area contributed by atoms with Crippen molar-refractivity contribution in [2.45, 2.75) is 6.42 Å². The lowest BCUT2D eigenvalue weighted by Crippen LogP contribution is -1.99. The number of aliphatic imine (C=N–C) groups is 1. The number of halogens is 1. The number of benzene rings is 2. The van der Waals surface area contributed by atoms with Crippen molar-refractivity contribution in [2.75, 3.05) is 0 Å². The summed E-state index contributed by atoms with van der Waals surface area (Å²) in [5, 5.41) is 0. The lowest BCUT2D eigenvalue weighted by Gasteiger charge is -1.99. The number of fused-ring (bicyclic) bond motifs is 1. The molecule has 0 amide bonds. The summed E-state index contributed by atoms with van der Waals surface area (Å²) < 4.78 is 12.8. The van der Waals surface area contributed by atoms with Gasteiger partial charge in [-0.1, -0.05) is 30.3 Å². The summed E-state index contributed by atoms with van der Waals surface area (Å²) in [6.07, 6.45) is 0.835. The molecule has 1 aliphatic rings. The summed E-state index contributed by atoms with van der Waals surface area (Å²) in [7, 11) is 0. The molecule has 0 atom stereocenters. The number of para-hydroxylation sites is 1. The smallest absolute Gasteiger partial charge is 0.123 e. The first-order valence-corrected chi connectivity index (χ1v) is 5.24. The topological polar surface area (TPSA) is 12.4 Å². The van der Waals surface area contributed by atoms with E-state index in [0.29, 0.717) is 0 Å². The quantitative estimate of drug-likeness (QED) is 0.684. The zero-order chi connectivity index (χ0) is 11.0. The summed E-state index contributed by atoms with van der Waals surface area (Å²) in [4.78, 5) is 4.55. The minimum absolute atomic E-state index is 0.208. The summed E-state index contributed by atoms with van der Waals surface area (Å²) >= 11 is 0. The Morgan fingerprint density at radius 2 is 1.69 bits per heavy atom. The zero-order valence-corrected chi connectivity index (χ0v) is 8.65. The maximum Gasteiger partial charge on any atom is 0.123 e. The largest absolute Gasteiger partial charge is 0.252 e. The molecular weight excluding hydrogens is 201 g/mol. The molecule has 16 heavy (non-hydrogen) atoms. The van der Waals surface area contributed by atoms with Gasteiger partial charge in [-0.25, -0.2) is 4.39 Å². The third-order valence-electron chi connectivity index (χ3n) is 2.78. The molecular formula is C14H10FN. The molecule has 2 aromatic rings. The van der Waals surface area contributed by atoms with Gasteiger partial charge in [0.15, 0.2) is 0 Å². The minimum atomic E-state index is -0.208. The van der Waals surface area contributed by atoms with Crippen LogP contribution < -0.4 is 0 Å². The standard InChI is InChI=1S/C14H10FN/c15-12-7-5-10(6-8-12)14-9-11-3-1-2-4-13(11)16-14/h1-8H,9H2. The summed E-state index contributed by atoms with van der Waals surface area (Å²) in [5.41, 5.74) is 4.28. The maximum absolute atomic E-state index is 12.8. The number of nitrogens with zero attached hydrogens (tertiary/aromatic N) is 1. The predicted molar refractivity (Wildman–Crippen MR) is 62.7 cm³/mol. The van der Waals surface area contributed by atoms with Crippen molar-refractivity contribution >= 4 is 11.4 Å². The van der Waals surface area contributed by atoms with Gasteiger partial charge >= 0.3 is 0 Å². The van der Waals surface area contributed by atoms with Gasteiger partial charge in [-0.3, -0.25) is 4.99 Å². The van der Waals surface area contributed by atoms with Crippen LogP contribution in [0.15, 0.2) is 53.5 Å². The third-order valence-corrected chi connectivity index (χ3v) is 2.78. The van der Waals surface area contributed by atoms with E-state index in [9.17, 15) is 4.39 Å². The Morgan fingerprint density at radius 1 is 0.938 bits per heavy atom. The highest BCUT2D eigenvalue weighted by atomic mass is 19.1. The molecule has 78 valence electrons. The highest BCUT2D eigenvalue weighted by Crippen LogP contribution is 2.28. The predicted octanol–water partition coefficient (Wildman–Crippen LogP) is 3.50. The molecule has 0 saturated heterocycles. The lowest BCUT2D eigenvalue weighted by molar-refractivity contribution is 0.628. The van der Waals surface area contributed by atoms with E-state index < -0.39 is 0 Å². The molecule has 2 aromatic carbocycles. The van der Waals surface area contributed by atoms with Gasteiger partial charge < -0.3 is 0 Å². The molecule has 0 spiro atoms. The second-order valence-electron chi connectivity index (χ2n) is 3.87. The van der Waals surface area contributed by atoms with Crippen LogP contribution in [0.5, 0.6) is 0 Å². The monoisotopic (exact) mass is 211 g/mol. The van der Waals surface area contributed by atoms with E-state index in [1.54, 1.807) is 12.1 Å². The fourth-order valence-corrected chi connectivity index (χ4v) is 1.94.